The number of nitrogens with zero attached hydrogens (tertiary/aromatic N) is 6. The van der Waals surface area contributed by atoms with Crippen molar-refractivity contribution in [2.24, 2.45) is 0 Å². The number of benzene rings is 1. The van der Waals surface area contributed by atoms with Crippen molar-refractivity contribution in [1.82, 2.24) is 24.7 Å². The maximum absolute atomic E-state index is 14.2. The third-order valence-corrected chi connectivity index (χ3v) is 9.10. The zero-order chi connectivity index (χ0) is 30.7. The van der Waals surface area contributed by atoms with Crippen LogP contribution in [0.15, 0.2) is 35.3 Å². The number of pyridine rings is 1. The molecule has 2 aliphatic rings. The SMILES string of the molecule is CCCCOc1c2n(cc(-c3nnc(Cc4ccc(F)cc4)s3)c1=O)N(C)C1(CCN(C(=O)OCC)CC1)N(CC)C2=O. The van der Waals surface area contributed by atoms with Gasteiger partial charge in [0, 0.05) is 52.1 Å². The molecule has 11 nitrogen and oxygen atoms in total. The fraction of sp³-hybridized carbons (Fsp3) is 0.500. The number of amides is 2. The summed E-state index contributed by atoms with van der Waals surface area (Å²) >= 11 is 1.27. The molecule has 0 bridgehead atoms. The molecule has 0 unspecified atom stereocenters. The molecule has 2 aliphatic heterocycles. The average Bonchev–Trinajstić information content (AvgIpc) is 3.47. The van der Waals surface area contributed by atoms with Crippen molar-refractivity contribution in [3.8, 4) is 16.3 Å². The Hall–Kier alpha value is -4.00. The van der Waals surface area contributed by atoms with E-state index in [0.717, 1.165) is 18.4 Å². The highest BCUT2D eigenvalue weighted by Gasteiger charge is 2.51. The molecule has 0 aliphatic carbocycles. The average molecular weight is 613 g/mol. The number of unbranched alkanes of at least 4 members (excludes halogenated alkanes) is 1. The van der Waals surface area contributed by atoms with E-state index in [1.165, 1.54) is 23.5 Å². The first-order valence-corrected chi connectivity index (χ1v) is 15.5. The molecule has 2 aromatic heterocycles. The first-order chi connectivity index (χ1) is 20.7. The van der Waals surface area contributed by atoms with E-state index < -0.39 is 11.1 Å². The molecule has 1 aromatic carbocycles. The minimum absolute atomic E-state index is 0.00431. The van der Waals surface area contributed by atoms with Gasteiger partial charge in [0.25, 0.3) is 5.91 Å². The minimum Gasteiger partial charge on any atom is -0.487 e. The number of halogens is 1. The highest BCUT2D eigenvalue weighted by atomic mass is 32.1. The zero-order valence-electron chi connectivity index (χ0n) is 25.0. The Kier molecular flexibility index (Phi) is 9.00. The van der Waals surface area contributed by atoms with E-state index in [1.54, 1.807) is 39.7 Å². The van der Waals surface area contributed by atoms with Crippen molar-refractivity contribution in [2.75, 3.05) is 44.9 Å². The molecule has 4 heterocycles. The highest BCUT2D eigenvalue weighted by molar-refractivity contribution is 7.14. The number of carbonyl (C=O) groups is 2. The topological polar surface area (TPSA) is 110 Å². The fourth-order valence-corrected chi connectivity index (χ4v) is 6.69. The van der Waals surface area contributed by atoms with Gasteiger partial charge in [-0.05, 0) is 38.0 Å². The smallest absolute Gasteiger partial charge is 0.409 e. The Morgan fingerprint density at radius 2 is 1.81 bits per heavy atom. The fourth-order valence-electron chi connectivity index (χ4n) is 5.81. The number of fused-ring (bicyclic) bond motifs is 1. The van der Waals surface area contributed by atoms with Gasteiger partial charge in [-0.1, -0.05) is 36.8 Å². The molecular formula is C30H37FN6O5S. The second-order valence-corrected chi connectivity index (χ2v) is 11.7. The van der Waals surface area contributed by atoms with Gasteiger partial charge < -0.3 is 19.3 Å². The van der Waals surface area contributed by atoms with Crippen molar-refractivity contribution in [3.05, 3.63) is 62.8 Å². The van der Waals surface area contributed by atoms with Crippen molar-refractivity contribution in [1.29, 1.82) is 0 Å². The largest absolute Gasteiger partial charge is 0.487 e. The van der Waals surface area contributed by atoms with Crippen LogP contribution in [0.25, 0.3) is 10.6 Å². The summed E-state index contributed by atoms with van der Waals surface area (Å²) in [4.78, 5) is 44.0. The minimum atomic E-state index is -0.732. The van der Waals surface area contributed by atoms with Crippen LogP contribution in [0.5, 0.6) is 5.75 Å². The lowest BCUT2D eigenvalue weighted by Gasteiger charge is -2.56. The van der Waals surface area contributed by atoms with E-state index in [1.807, 2.05) is 25.9 Å². The van der Waals surface area contributed by atoms with Crippen molar-refractivity contribution >= 4 is 23.3 Å². The molecule has 3 aromatic rings. The summed E-state index contributed by atoms with van der Waals surface area (Å²) in [6.07, 6.45) is 4.30. The molecule has 230 valence electrons. The second kappa shape index (κ2) is 12.7. The van der Waals surface area contributed by atoms with E-state index in [-0.39, 0.29) is 41.4 Å². The summed E-state index contributed by atoms with van der Waals surface area (Å²) in [6, 6.07) is 6.17. The molecule has 43 heavy (non-hydrogen) atoms. The molecule has 2 amide bonds. The van der Waals surface area contributed by atoms with Gasteiger partial charge in [0.2, 0.25) is 5.43 Å². The Bertz CT molecular complexity index is 1530. The normalized spacial score (nSPS) is 16.0. The molecule has 1 saturated heterocycles. The lowest BCUT2D eigenvalue weighted by Crippen LogP contribution is -2.72. The van der Waals surface area contributed by atoms with E-state index in [9.17, 15) is 18.8 Å². The Balaban J connectivity index is 1.56. The number of likely N-dealkylation sites (tertiary alicyclic amines) is 1. The molecule has 0 radical (unpaired) electrons. The lowest BCUT2D eigenvalue weighted by atomic mass is 9.92. The number of aromatic nitrogens is 3. The number of hydrogen-bond donors (Lipinski definition) is 0. The quantitative estimate of drug-likeness (QED) is 0.330. The van der Waals surface area contributed by atoms with E-state index in [0.29, 0.717) is 55.5 Å². The number of ether oxygens (including phenoxy) is 2. The molecule has 13 heteroatoms. The lowest BCUT2D eigenvalue weighted by molar-refractivity contribution is -0.000766. The van der Waals surface area contributed by atoms with Gasteiger partial charge >= 0.3 is 6.09 Å². The van der Waals surface area contributed by atoms with Crippen LogP contribution in [0.3, 0.4) is 0 Å². The van der Waals surface area contributed by atoms with Crippen LogP contribution >= 0.6 is 11.3 Å². The molecule has 0 saturated carbocycles. The highest BCUT2D eigenvalue weighted by Crippen LogP contribution is 2.39. The Morgan fingerprint density at radius 1 is 1.09 bits per heavy atom. The van der Waals surface area contributed by atoms with Crippen LogP contribution in [0.4, 0.5) is 9.18 Å². The molecular weight excluding hydrogens is 575 g/mol. The number of carbonyl (C=O) groups excluding carboxylic acids is 2. The Morgan fingerprint density at radius 3 is 2.47 bits per heavy atom. The van der Waals surface area contributed by atoms with Crippen LogP contribution in [-0.4, -0.2) is 82.2 Å². The van der Waals surface area contributed by atoms with Gasteiger partial charge in [-0.2, -0.15) is 0 Å². The predicted octanol–water partition coefficient (Wildman–Crippen LogP) is 4.27. The van der Waals surface area contributed by atoms with E-state index >= 15 is 0 Å². The van der Waals surface area contributed by atoms with Gasteiger partial charge in [0.1, 0.15) is 16.5 Å². The van der Waals surface area contributed by atoms with Gasteiger partial charge in [0.05, 0.1) is 18.8 Å². The predicted molar refractivity (Wildman–Crippen MR) is 161 cm³/mol. The standard InChI is InChI=1S/C30H37FN6O5S/c1-5-8-17-42-26-24-28(39)36(6-2)30(13-15-35(16-14-30)29(40)41-7-3)34(4)37(24)19-22(25(26)38)27-33-32-23(43-27)18-20-9-11-21(31)12-10-20/h9-12,19H,5-8,13-18H2,1-4H3. The second-order valence-electron chi connectivity index (χ2n) is 10.6. The number of rotatable bonds is 9. The van der Waals surface area contributed by atoms with Crippen LogP contribution < -0.4 is 15.2 Å². The molecule has 1 fully saturated rings. The number of piperidine rings is 1. The Labute approximate surface area is 253 Å². The maximum atomic E-state index is 14.2. The molecule has 1 spiro atoms. The van der Waals surface area contributed by atoms with Gasteiger partial charge in [-0.25, -0.2) is 9.18 Å². The summed E-state index contributed by atoms with van der Waals surface area (Å²) < 4.78 is 26.4. The third-order valence-electron chi connectivity index (χ3n) is 8.14. The van der Waals surface area contributed by atoms with Gasteiger partial charge in [-0.3, -0.25) is 19.3 Å². The summed E-state index contributed by atoms with van der Waals surface area (Å²) in [7, 11) is 1.89. The number of hydrogen-bond acceptors (Lipinski definition) is 9. The third kappa shape index (κ3) is 5.69. The van der Waals surface area contributed by atoms with Gasteiger partial charge in [0.15, 0.2) is 16.5 Å². The van der Waals surface area contributed by atoms with Crippen LogP contribution in [0.1, 0.15) is 67.5 Å². The zero-order valence-corrected chi connectivity index (χ0v) is 25.8. The summed E-state index contributed by atoms with van der Waals surface area (Å²) in [5.74, 6) is -0.617. The van der Waals surface area contributed by atoms with Gasteiger partial charge in [-0.15, -0.1) is 10.2 Å². The van der Waals surface area contributed by atoms with Crippen LogP contribution in [0, 0.1) is 5.82 Å². The molecule has 5 rings (SSSR count). The van der Waals surface area contributed by atoms with Crippen LogP contribution in [-0.2, 0) is 11.2 Å². The van der Waals surface area contributed by atoms with Crippen LogP contribution in [0.2, 0.25) is 0 Å². The van der Waals surface area contributed by atoms with E-state index in [4.69, 9.17) is 9.47 Å². The van der Waals surface area contributed by atoms with Crippen molar-refractivity contribution in [3.63, 3.8) is 0 Å². The van der Waals surface area contributed by atoms with Crippen molar-refractivity contribution < 1.29 is 23.5 Å². The first-order valence-electron chi connectivity index (χ1n) is 14.7. The monoisotopic (exact) mass is 612 g/mol. The summed E-state index contributed by atoms with van der Waals surface area (Å²) in [5.41, 5.74) is 0.170. The first kappa shape index (κ1) is 30.5. The van der Waals surface area contributed by atoms with Crippen molar-refractivity contribution in [2.45, 2.75) is 58.5 Å². The summed E-state index contributed by atoms with van der Waals surface area (Å²) in [6.45, 7) is 7.53. The van der Waals surface area contributed by atoms with E-state index in [2.05, 4.69) is 10.2 Å². The maximum Gasteiger partial charge on any atom is 0.409 e. The molecule has 0 atom stereocenters. The summed E-state index contributed by atoms with van der Waals surface area (Å²) in [5, 5.41) is 11.7. The molecule has 0 N–H and O–H groups in total.